The SMILES string of the molecule is NCCNC(P(=O)(O)O)P(=O)(O)O. The zero-order valence-electron chi connectivity index (χ0n) is 6.57. The van der Waals surface area contributed by atoms with Crippen LogP contribution in [0.4, 0.5) is 0 Å². The summed E-state index contributed by atoms with van der Waals surface area (Å²) in [5, 5.41) is 2.00. The summed E-state index contributed by atoms with van der Waals surface area (Å²) in [6, 6.07) is 0. The third-order valence-electron chi connectivity index (χ3n) is 1.11. The number of rotatable bonds is 5. The molecule has 13 heavy (non-hydrogen) atoms. The Morgan fingerprint density at radius 2 is 1.54 bits per heavy atom. The smallest absolute Gasteiger partial charge is 0.329 e. The van der Waals surface area contributed by atoms with Crippen molar-refractivity contribution in [1.82, 2.24) is 5.32 Å². The molecule has 0 aliphatic carbocycles. The summed E-state index contributed by atoms with van der Waals surface area (Å²) in [7, 11) is -9.71. The van der Waals surface area contributed by atoms with Crippen LogP contribution in [0.5, 0.6) is 0 Å². The van der Waals surface area contributed by atoms with Crippen LogP contribution >= 0.6 is 15.2 Å². The zero-order chi connectivity index (χ0) is 10.7. The molecule has 0 heterocycles. The average molecular weight is 234 g/mol. The van der Waals surface area contributed by atoms with E-state index in [1.54, 1.807) is 0 Å². The van der Waals surface area contributed by atoms with Gasteiger partial charge in [0.2, 0.25) is 5.52 Å². The van der Waals surface area contributed by atoms with Gasteiger partial charge in [-0.25, -0.2) is 0 Å². The van der Waals surface area contributed by atoms with Crippen LogP contribution in [0.2, 0.25) is 0 Å². The van der Waals surface area contributed by atoms with Crippen LogP contribution in [-0.2, 0) is 9.13 Å². The van der Waals surface area contributed by atoms with Crippen LogP contribution in [0.25, 0.3) is 0 Å². The molecule has 0 aliphatic rings. The molecular formula is C3H12N2O6P2. The Morgan fingerprint density at radius 1 is 1.15 bits per heavy atom. The predicted octanol–water partition coefficient (Wildman–Crippen LogP) is -1.83. The van der Waals surface area contributed by atoms with Crippen molar-refractivity contribution in [3.05, 3.63) is 0 Å². The van der Waals surface area contributed by atoms with Crippen molar-refractivity contribution in [3.63, 3.8) is 0 Å². The van der Waals surface area contributed by atoms with E-state index in [1.165, 1.54) is 0 Å². The maximum atomic E-state index is 10.6. The Morgan fingerprint density at radius 3 is 1.77 bits per heavy atom. The van der Waals surface area contributed by atoms with Crippen molar-refractivity contribution in [2.45, 2.75) is 5.52 Å². The van der Waals surface area contributed by atoms with Crippen molar-refractivity contribution in [3.8, 4) is 0 Å². The van der Waals surface area contributed by atoms with Crippen molar-refractivity contribution in [2.24, 2.45) is 5.73 Å². The molecule has 80 valence electrons. The fraction of sp³-hybridized carbons (Fsp3) is 1.00. The fourth-order valence-corrected chi connectivity index (χ4v) is 2.95. The van der Waals surface area contributed by atoms with Gasteiger partial charge in [-0.15, -0.1) is 0 Å². The minimum absolute atomic E-state index is 0.0243. The summed E-state index contributed by atoms with van der Waals surface area (Å²) in [6.45, 7) is -0.0581. The van der Waals surface area contributed by atoms with Gasteiger partial charge in [0.25, 0.3) is 0 Å². The first-order valence-electron chi connectivity index (χ1n) is 3.23. The Balaban J connectivity index is 4.59. The van der Waals surface area contributed by atoms with Gasteiger partial charge in [0.1, 0.15) is 0 Å². The van der Waals surface area contributed by atoms with Gasteiger partial charge in [-0.1, -0.05) is 0 Å². The number of nitrogens with two attached hydrogens (primary N) is 1. The van der Waals surface area contributed by atoms with E-state index in [0.29, 0.717) is 0 Å². The summed E-state index contributed by atoms with van der Waals surface area (Å²) in [5.41, 5.74) is 2.83. The van der Waals surface area contributed by atoms with Crippen LogP contribution in [0.1, 0.15) is 0 Å². The minimum Gasteiger partial charge on any atom is -0.329 e. The molecule has 0 unspecified atom stereocenters. The summed E-state index contributed by atoms with van der Waals surface area (Å²) in [6.07, 6.45) is 0. The molecule has 0 aliphatic heterocycles. The summed E-state index contributed by atoms with van der Waals surface area (Å²) in [5.74, 6) is 0. The van der Waals surface area contributed by atoms with Crippen LogP contribution in [0.3, 0.4) is 0 Å². The average Bonchev–Trinajstić information content (AvgIpc) is 1.81. The van der Waals surface area contributed by atoms with E-state index in [9.17, 15) is 9.13 Å². The Kier molecular flexibility index (Phi) is 4.71. The standard InChI is InChI=1S/C3H12N2O6P2/c4-1-2-5-3(12(6,7)8)13(9,10)11/h3,5H,1-2,4H2,(H2,6,7,8)(H2,9,10,11). The van der Waals surface area contributed by atoms with Gasteiger partial charge in [-0.2, -0.15) is 0 Å². The largest absolute Gasteiger partial charge is 0.354 e. The minimum atomic E-state index is -4.86. The third kappa shape index (κ3) is 4.85. The molecule has 0 aromatic rings. The maximum Gasteiger partial charge on any atom is 0.354 e. The molecule has 0 aromatic heterocycles. The molecule has 0 saturated carbocycles. The van der Waals surface area contributed by atoms with E-state index >= 15 is 0 Å². The predicted molar refractivity (Wildman–Crippen MR) is 44.9 cm³/mol. The van der Waals surface area contributed by atoms with Crippen molar-refractivity contribution >= 4 is 15.2 Å². The highest BCUT2D eigenvalue weighted by molar-refractivity contribution is 7.70. The highest BCUT2D eigenvalue weighted by atomic mass is 31.2. The Labute approximate surface area is 74.5 Å². The third-order valence-corrected chi connectivity index (χ3v) is 4.55. The molecule has 10 heteroatoms. The highest BCUT2D eigenvalue weighted by Crippen LogP contribution is 2.58. The highest BCUT2D eigenvalue weighted by Gasteiger charge is 2.42. The molecule has 0 saturated heterocycles. The van der Waals surface area contributed by atoms with E-state index in [1.807, 2.05) is 5.32 Å². The van der Waals surface area contributed by atoms with Gasteiger partial charge in [0.05, 0.1) is 0 Å². The molecule has 7 N–H and O–H groups in total. The lowest BCUT2D eigenvalue weighted by Gasteiger charge is -2.20. The first-order valence-corrected chi connectivity index (χ1v) is 6.60. The van der Waals surface area contributed by atoms with Gasteiger partial charge in [-0.05, 0) is 0 Å². The molecule has 0 bridgehead atoms. The molecule has 0 fully saturated rings. The van der Waals surface area contributed by atoms with Gasteiger partial charge in [-0.3, -0.25) is 14.4 Å². The van der Waals surface area contributed by atoms with Crippen LogP contribution in [-0.4, -0.2) is 38.2 Å². The topological polar surface area (TPSA) is 153 Å². The molecule has 0 aromatic carbocycles. The quantitative estimate of drug-likeness (QED) is 0.304. The second kappa shape index (κ2) is 4.63. The van der Waals surface area contributed by atoms with E-state index < -0.39 is 20.7 Å². The second-order valence-corrected chi connectivity index (χ2v) is 6.09. The van der Waals surface area contributed by atoms with Crippen LogP contribution in [0.15, 0.2) is 0 Å². The number of hydrogen-bond acceptors (Lipinski definition) is 4. The van der Waals surface area contributed by atoms with Crippen LogP contribution < -0.4 is 11.1 Å². The molecule has 0 rings (SSSR count). The normalized spacial score (nSPS) is 13.7. The summed E-state index contributed by atoms with van der Waals surface area (Å²) < 4.78 is 21.2. The molecule has 8 nitrogen and oxygen atoms in total. The molecule has 0 spiro atoms. The van der Waals surface area contributed by atoms with Crippen molar-refractivity contribution < 1.29 is 28.7 Å². The summed E-state index contributed by atoms with van der Waals surface area (Å²) >= 11 is 0. The second-order valence-electron chi connectivity index (χ2n) is 2.29. The van der Waals surface area contributed by atoms with Gasteiger partial charge < -0.3 is 25.3 Å². The van der Waals surface area contributed by atoms with E-state index in [4.69, 9.17) is 25.3 Å². The Bertz CT molecular complexity index is 222. The number of nitrogens with one attached hydrogen (secondary N) is 1. The molecule has 0 atom stereocenters. The van der Waals surface area contributed by atoms with E-state index in [-0.39, 0.29) is 13.1 Å². The van der Waals surface area contributed by atoms with E-state index in [0.717, 1.165) is 0 Å². The fourth-order valence-electron chi connectivity index (χ4n) is 0.646. The lowest BCUT2D eigenvalue weighted by atomic mass is 10.7. The molecular weight excluding hydrogens is 222 g/mol. The van der Waals surface area contributed by atoms with Crippen molar-refractivity contribution in [1.29, 1.82) is 0 Å². The monoisotopic (exact) mass is 234 g/mol. The molecule has 0 radical (unpaired) electrons. The summed E-state index contributed by atoms with van der Waals surface area (Å²) in [4.78, 5) is 34.2. The van der Waals surface area contributed by atoms with Gasteiger partial charge in [0.15, 0.2) is 0 Å². The maximum absolute atomic E-state index is 10.6. The van der Waals surface area contributed by atoms with E-state index in [2.05, 4.69) is 0 Å². The lowest BCUT2D eigenvalue weighted by Crippen LogP contribution is -2.33. The lowest BCUT2D eigenvalue weighted by molar-refractivity contribution is 0.328. The van der Waals surface area contributed by atoms with Gasteiger partial charge in [0, 0.05) is 13.1 Å². The van der Waals surface area contributed by atoms with Crippen LogP contribution in [0, 0.1) is 0 Å². The zero-order valence-corrected chi connectivity index (χ0v) is 8.36. The number of hydrogen-bond donors (Lipinski definition) is 6. The van der Waals surface area contributed by atoms with Gasteiger partial charge >= 0.3 is 15.2 Å². The molecule has 0 amide bonds. The first kappa shape index (κ1) is 13.2. The Hall–Kier alpha value is 0.220. The van der Waals surface area contributed by atoms with Crippen molar-refractivity contribution in [2.75, 3.05) is 13.1 Å². The first-order chi connectivity index (χ1) is 5.69.